The molecule has 0 saturated heterocycles. The molecule has 1 aromatic rings. The van der Waals surface area contributed by atoms with E-state index in [1.165, 1.54) is 0 Å². The molecule has 2 amide bonds. The van der Waals surface area contributed by atoms with Gasteiger partial charge in [0.2, 0.25) is 0 Å². The van der Waals surface area contributed by atoms with Crippen molar-refractivity contribution in [2.24, 2.45) is 5.41 Å². The Morgan fingerprint density at radius 2 is 1.85 bits per heavy atom. The minimum Gasteiger partial charge on any atom is -0.396 e. The summed E-state index contributed by atoms with van der Waals surface area (Å²) in [5.74, 6) is 0. The SMILES string of the molecule is CC(C)(CCCO)CNC(=O)Nc1cc(Cl)cc(Cl)c1. The van der Waals surface area contributed by atoms with Crippen LogP contribution in [0.1, 0.15) is 26.7 Å². The summed E-state index contributed by atoms with van der Waals surface area (Å²) in [4.78, 5) is 11.8. The molecule has 0 unspecified atom stereocenters. The van der Waals surface area contributed by atoms with Crippen LogP contribution in [-0.2, 0) is 0 Å². The van der Waals surface area contributed by atoms with Crippen LogP contribution >= 0.6 is 23.2 Å². The highest BCUT2D eigenvalue weighted by Gasteiger charge is 2.18. The number of urea groups is 1. The molecule has 0 bridgehead atoms. The van der Waals surface area contributed by atoms with Crippen LogP contribution in [0.3, 0.4) is 0 Å². The van der Waals surface area contributed by atoms with Gasteiger partial charge in [-0.3, -0.25) is 0 Å². The predicted octanol–water partition coefficient (Wildman–Crippen LogP) is 3.91. The summed E-state index contributed by atoms with van der Waals surface area (Å²) in [5, 5.41) is 15.3. The number of nitrogens with one attached hydrogen (secondary N) is 2. The third-order valence-corrected chi connectivity index (χ3v) is 3.30. The Bertz CT molecular complexity index is 444. The molecule has 1 aromatic carbocycles. The van der Waals surface area contributed by atoms with Crippen LogP contribution < -0.4 is 10.6 Å². The van der Waals surface area contributed by atoms with Gasteiger partial charge in [0.05, 0.1) is 0 Å². The number of halogens is 2. The third-order valence-electron chi connectivity index (χ3n) is 2.86. The molecule has 0 aliphatic carbocycles. The molecule has 3 N–H and O–H groups in total. The number of amides is 2. The van der Waals surface area contributed by atoms with Gasteiger partial charge in [0.25, 0.3) is 0 Å². The summed E-state index contributed by atoms with van der Waals surface area (Å²) in [7, 11) is 0. The highest BCUT2D eigenvalue weighted by molar-refractivity contribution is 6.35. The van der Waals surface area contributed by atoms with Crippen LogP contribution in [0.25, 0.3) is 0 Å². The molecule has 6 heteroatoms. The van der Waals surface area contributed by atoms with E-state index in [9.17, 15) is 4.79 Å². The summed E-state index contributed by atoms with van der Waals surface area (Å²) >= 11 is 11.7. The number of carbonyl (C=O) groups excluding carboxylic acids is 1. The van der Waals surface area contributed by atoms with E-state index < -0.39 is 0 Å². The molecule has 0 fully saturated rings. The molecule has 0 atom stereocenters. The van der Waals surface area contributed by atoms with E-state index in [-0.39, 0.29) is 18.1 Å². The first-order valence-electron chi connectivity index (χ1n) is 6.44. The predicted molar refractivity (Wildman–Crippen MR) is 83.6 cm³/mol. The molecule has 0 aliphatic heterocycles. The molecule has 0 spiro atoms. The summed E-state index contributed by atoms with van der Waals surface area (Å²) < 4.78 is 0. The van der Waals surface area contributed by atoms with E-state index >= 15 is 0 Å². The Morgan fingerprint density at radius 3 is 2.40 bits per heavy atom. The van der Waals surface area contributed by atoms with E-state index in [2.05, 4.69) is 10.6 Å². The molecule has 112 valence electrons. The average Bonchev–Trinajstić information content (AvgIpc) is 2.33. The van der Waals surface area contributed by atoms with Crippen LogP contribution in [0.2, 0.25) is 10.0 Å². The molecular weight excluding hydrogens is 299 g/mol. The topological polar surface area (TPSA) is 61.4 Å². The fourth-order valence-electron chi connectivity index (χ4n) is 1.77. The molecule has 0 aliphatic rings. The first-order valence-corrected chi connectivity index (χ1v) is 7.20. The normalized spacial score (nSPS) is 11.2. The summed E-state index contributed by atoms with van der Waals surface area (Å²) in [6.45, 7) is 4.77. The zero-order chi connectivity index (χ0) is 15.2. The first-order chi connectivity index (χ1) is 9.32. The summed E-state index contributed by atoms with van der Waals surface area (Å²) in [6.07, 6.45) is 1.56. The number of benzene rings is 1. The van der Waals surface area contributed by atoms with Gasteiger partial charge >= 0.3 is 6.03 Å². The van der Waals surface area contributed by atoms with Crippen molar-refractivity contribution in [1.29, 1.82) is 0 Å². The van der Waals surface area contributed by atoms with Gasteiger partial charge in [0.15, 0.2) is 0 Å². The lowest BCUT2D eigenvalue weighted by atomic mass is 9.88. The van der Waals surface area contributed by atoms with Gasteiger partial charge in [-0.2, -0.15) is 0 Å². The first kappa shape index (κ1) is 17.1. The van der Waals surface area contributed by atoms with Crippen molar-refractivity contribution in [3.8, 4) is 0 Å². The number of rotatable bonds is 6. The van der Waals surface area contributed by atoms with Crippen LogP contribution in [0.15, 0.2) is 18.2 Å². The highest BCUT2D eigenvalue weighted by Crippen LogP contribution is 2.23. The Balaban J connectivity index is 2.47. The van der Waals surface area contributed by atoms with Crippen molar-refractivity contribution in [3.05, 3.63) is 28.2 Å². The molecule has 0 heterocycles. The average molecular weight is 319 g/mol. The van der Waals surface area contributed by atoms with Crippen molar-refractivity contribution in [1.82, 2.24) is 5.32 Å². The smallest absolute Gasteiger partial charge is 0.319 e. The molecule has 0 saturated carbocycles. The number of hydrogen-bond acceptors (Lipinski definition) is 2. The molecule has 0 aromatic heterocycles. The maximum atomic E-state index is 11.8. The van der Waals surface area contributed by atoms with Gasteiger partial charge in [-0.15, -0.1) is 0 Å². The van der Waals surface area contributed by atoms with E-state index in [4.69, 9.17) is 28.3 Å². The number of hydrogen-bond donors (Lipinski definition) is 3. The molecule has 0 radical (unpaired) electrons. The lowest BCUT2D eigenvalue weighted by Gasteiger charge is -2.24. The second-order valence-electron chi connectivity index (χ2n) is 5.46. The van der Waals surface area contributed by atoms with Crippen molar-refractivity contribution in [3.63, 3.8) is 0 Å². The van der Waals surface area contributed by atoms with Crippen molar-refractivity contribution in [2.45, 2.75) is 26.7 Å². The summed E-state index contributed by atoms with van der Waals surface area (Å²) in [5.41, 5.74) is 0.486. The van der Waals surface area contributed by atoms with Crippen molar-refractivity contribution >= 4 is 34.9 Å². The quantitative estimate of drug-likeness (QED) is 0.744. The van der Waals surface area contributed by atoms with Crippen LogP contribution in [0.4, 0.5) is 10.5 Å². The Labute approximate surface area is 129 Å². The molecule has 4 nitrogen and oxygen atoms in total. The lowest BCUT2D eigenvalue weighted by Crippen LogP contribution is -2.36. The Kier molecular flexibility index (Phi) is 6.59. The minimum atomic E-state index is -0.305. The molecule has 1 rings (SSSR count). The van der Waals surface area contributed by atoms with Gasteiger partial charge in [-0.1, -0.05) is 37.0 Å². The second kappa shape index (κ2) is 7.72. The van der Waals surface area contributed by atoms with Gasteiger partial charge in [-0.25, -0.2) is 4.79 Å². The van der Waals surface area contributed by atoms with E-state index in [1.807, 2.05) is 13.8 Å². The molecule has 20 heavy (non-hydrogen) atoms. The number of anilines is 1. The maximum absolute atomic E-state index is 11.8. The number of aliphatic hydroxyl groups is 1. The van der Waals surface area contributed by atoms with Gasteiger partial charge in [0.1, 0.15) is 0 Å². The Morgan fingerprint density at radius 1 is 1.25 bits per heavy atom. The maximum Gasteiger partial charge on any atom is 0.319 e. The monoisotopic (exact) mass is 318 g/mol. The summed E-state index contributed by atoms with van der Waals surface area (Å²) in [6, 6.07) is 4.55. The zero-order valence-electron chi connectivity index (χ0n) is 11.7. The number of aliphatic hydroxyl groups excluding tert-OH is 1. The van der Waals surface area contributed by atoms with Gasteiger partial charge in [0, 0.05) is 28.9 Å². The van der Waals surface area contributed by atoms with Gasteiger partial charge in [-0.05, 0) is 36.5 Å². The standard InChI is InChI=1S/C14H20Cl2N2O2/c1-14(2,4-3-5-19)9-17-13(20)18-12-7-10(15)6-11(16)8-12/h6-8,19H,3-5,9H2,1-2H3,(H2,17,18,20). The van der Waals surface area contributed by atoms with Crippen LogP contribution in [0.5, 0.6) is 0 Å². The van der Waals surface area contributed by atoms with Gasteiger partial charge < -0.3 is 15.7 Å². The molecular formula is C14H20Cl2N2O2. The van der Waals surface area contributed by atoms with Crippen LogP contribution in [0, 0.1) is 5.41 Å². The largest absolute Gasteiger partial charge is 0.396 e. The zero-order valence-corrected chi connectivity index (χ0v) is 13.2. The van der Waals surface area contributed by atoms with Crippen molar-refractivity contribution in [2.75, 3.05) is 18.5 Å². The third kappa shape index (κ3) is 6.46. The second-order valence-corrected chi connectivity index (χ2v) is 6.33. The minimum absolute atomic E-state index is 0.0634. The van der Waals surface area contributed by atoms with E-state index in [1.54, 1.807) is 18.2 Å². The van der Waals surface area contributed by atoms with Crippen molar-refractivity contribution < 1.29 is 9.90 Å². The lowest BCUT2D eigenvalue weighted by molar-refractivity contribution is 0.227. The Hall–Kier alpha value is -0.970. The fraction of sp³-hybridized carbons (Fsp3) is 0.500. The van der Waals surface area contributed by atoms with E-state index in [0.29, 0.717) is 22.3 Å². The number of carbonyl (C=O) groups is 1. The highest BCUT2D eigenvalue weighted by atomic mass is 35.5. The fourth-order valence-corrected chi connectivity index (χ4v) is 2.29. The van der Waals surface area contributed by atoms with E-state index in [0.717, 1.165) is 12.8 Å². The van der Waals surface area contributed by atoms with Crippen LogP contribution in [-0.4, -0.2) is 24.3 Å².